The molecule has 0 radical (unpaired) electrons. The second-order valence-corrected chi connectivity index (χ2v) is 12.6. The number of nitrogens with zero attached hydrogens (tertiary/aromatic N) is 3. The molecule has 7 heteroatoms. The van der Waals surface area contributed by atoms with E-state index in [1.165, 1.54) is 24.8 Å². The highest BCUT2D eigenvalue weighted by Crippen LogP contribution is 2.44. The standard InChI is InChI=1S/C37H43N3O4/c1-38(2)30-19-21-39(22-20-30)34(41)24-40-33-23-29(37(42)43)15-18-32(33)35(27-11-7-4-8-12-27)36(40)28-13-16-31(17-14-28)44-25-26-9-5-3-6-10-26/h3,5-6,9-10,13-18,23,27,30H,4,7-8,11-12,19-22,24-25H2,1-2H3,(H,42,43). The second-order valence-electron chi connectivity index (χ2n) is 12.6. The third-order valence-electron chi connectivity index (χ3n) is 9.58. The fourth-order valence-corrected chi connectivity index (χ4v) is 7.11. The van der Waals surface area contributed by atoms with Crippen molar-refractivity contribution in [1.29, 1.82) is 0 Å². The molecule has 1 amide bonds. The van der Waals surface area contributed by atoms with Crippen molar-refractivity contribution in [3.63, 3.8) is 0 Å². The van der Waals surface area contributed by atoms with Gasteiger partial charge in [0.15, 0.2) is 0 Å². The van der Waals surface area contributed by atoms with Crippen LogP contribution in [0.25, 0.3) is 22.2 Å². The van der Waals surface area contributed by atoms with E-state index in [-0.39, 0.29) is 18.0 Å². The van der Waals surface area contributed by atoms with Crippen molar-refractivity contribution in [1.82, 2.24) is 14.4 Å². The number of carboxylic acids is 1. The van der Waals surface area contributed by atoms with E-state index < -0.39 is 5.97 Å². The molecule has 1 saturated carbocycles. The number of ether oxygens (including phenoxy) is 1. The summed E-state index contributed by atoms with van der Waals surface area (Å²) in [6.07, 6.45) is 7.69. The fourth-order valence-electron chi connectivity index (χ4n) is 7.11. The lowest BCUT2D eigenvalue weighted by atomic mass is 9.81. The van der Waals surface area contributed by atoms with Crippen LogP contribution in [-0.4, -0.2) is 64.6 Å². The molecule has 6 rings (SSSR count). The monoisotopic (exact) mass is 593 g/mol. The van der Waals surface area contributed by atoms with E-state index in [0.717, 1.165) is 72.2 Å². The molecule has 0 atom stereocenters. The van der Waals surface area contributed by atoms with Crippen LogP contribution in [0.15, 0.2) is 72.8 Å². The summed E-state index contributed by atoms with van der Waals surface area (Å²) in [5.41, 5.74) is 5.46. The zero-order valence-corrected chi connectivity index (χ0v) is 25.9. The molecule has 1 N–H and O–H groups in total. The Morgan fingerprint density at radius 2 is 1.59 bits per heavy atom. The fraction of sp³-hybridized carbons (Fsp3) is 0.405. The molecular weight excluding hydrogens is 550 g/mol. The van der Waals surface area contributed by atoms with E-state index in [2.05, 4.69) is 47.8 Å². The Kier molecular flexibility index (Phi) is 9.03. The molecule has 44 heavy (non-hydrogen) atoms. The SMILES string of the molecule is CN(C)C1CCN(C(=O)Cn2c(-c3ccc(OCc4ccccc4)cc3)c(C3CCCCC3)c3ccc(C(=O)O)cc32)CC1. The zero-order chi connectivity index (χ0) is 30.6. The third-order valence-corrected chi connectivity index (χ3v) is 9.58. The zero-order valence-electron chi connectivity index (χ0n) is 25.9. The van der Waals surface area contributed by atoms with Gasteiger partial charge < -0.3 is 24.2 Å². The van der Waals surface area contributed by atoms with Crippen LogP contribution in [0.5, 0.6) is 5.75 Å². The highest BCUT2D eigenvalue weighted by Gasteiger charge is 2.30. The summed E-state index contributed by atoms with van der Waals surface area (Å²) >= 11 is 0. The molecule has 3 aromatic carbocycles. The van der Waals surface area contributed by atoms with Gasteiger partial charge in [0.25, 0.3) is 0 Å². The quantitative estimate of drug-likeness (QED) is 0.222. The molecule has 1 aliphatic heterocycles. The van der Waals surface area contributed by atoms with Gasteiger partial charge in [-0.25, -0.2) is 4.79 Å². The number of likely N-dealkylation sites (tertiary alicyclic amines) is 1. The van der Waals surface area contributed by atoms with Crippen LogP contribution in [-0.2, 0) is 17.9 Å². The first-order chi connectivity index (χ1) is 21.4. The Morgan fingerprint density at radius 3 is 2.25 bits per heavy atom. The van der Waals surface area contributed by atoms with Gasteiger partial charge >= 0.3 is 5.97 Å². The van der Waals surface area contributed by atoms with Gasteiger partial charge in [-0.3, -0.25) is 4.79 Å². The van der Waals surface area contributed by atoms with Gasteiger partial charge in [-0.1, -0.05) is 55.7 Å². The summed E-state index contributed by atoms with van der Waals surface area (Å²) in [6.45, 7) is 2.14. The summed E-state index contributed by atoms with van der Waals surface area (Å²) in [5, 5.41) is 10.9. The highest BCUT2D eigenvalue weighted by molar-refractivity contribution is 5.99. The summed E-state index contributed by atoms with van der Waals surface area (Å²) in [6, 6.07) is 24.2. The molecule has 1 saturated heterocycles. The van der Waals surface area contributed by atoms with E-state index in [4.69, 9.17) is 4.74 Å². The lowest BCUT2D eigenvalue weighted by Gasteiger charge is -2.35. The van der Waals surface area contributed by atoms with Crippen molar-refractivity contribution >= 4 is 22.8 Å². The average Bonchev–Trinajstić information content (AvgIpc) is 3.38. The summed E-state index contributed by atoms with van der Waals surface area (Å²) in [4.78, 5) is 30.2. The van der Waals surface area contributed by atoms with Crippen molar-refractivity contribution in [3.8, 4) is 17.0 Å². The van der Waals surface area contributed by atoms with E-state index in [0.29, 0.717) is 18.6 Å². The second kappa shape index (κ2) is 13.3. The molecule has 1 aliphatic carbocycles. The first kappa shape index (κ1) is 29.9. The number of carbonyl (C=O) groups is 2. The Labute approximate surface area is 260 Å². The topological polar surface area (TPSA) is 75.0 Å². The number of aromatic carboxylic acids is 1. The van der Waals surface area contributed by atoms with Crippen LogP contribution in [0, 0.1) is 0 Å². The maximum Gasteiger partial charge on any atom is 0.335 e. The van der Waals surface area contributed by atoms with Crippen LogP contribution in [0.2, 0.25) is 0 Å². The number of carboxylic acid groups (broad SMARTS) is 1. The highest BCUT2D eigenvalue weighted by atomic mass is 16.5. The first-order valence-electron chi connectivity index (χ1n) is 16.0. The van der Waals surface area contributed by atoms with Crippen LogP contribution in [0.3, 0.4) is 0 Å². The Hall–Kier alpha value is -4.10. The van der Waals surface area contributed by atoms with Crippen LogP contribution in [0.4, 0.5) is 0 Å². The number of aromatic nitrogens is 1. The molecule has 4 aromatic rings. The van der Waals surface area contributed by atoms with Gasteiger partial charge in [0, 0.05) is 24.5 Å². The normalized spacial score (nSPS) is 16.5. The van der Waals surface area contributed by atoms with Gasteiger partial charge in [0.2, 0.25) is 5.91 Å². The van der Waals surface area contributed by atoms with Gasteiger partial charge in [0.05, 0.1) is 16.8 Å². The average molecular weight is 594 g/mol. The molecule has 0 bridgehead atoms. The van der Waals surface area contributed by atoms with Crippen molar-refractivity contribution in [2.45, 2.75) is 70.1 Å². The van der Waals surface area contributed by atoms with Gasteiger partial charge in [0.1, 0.15) is 18.9 Å². The van der Waals surface area contributed by atoms with Gasteiger partial charge in [-0.15, -0.1) is 0 Å². The van der Waals surface area contributed by atoms with E-state index in [1.54, 1.807) is 12.1 Å². The number of hydrogen-bond acceptors (Lipinski definition) is 4. The molecule has 1 aromatic heterocycles. The summed E-state index contributed by atoms with van der Waals surface area (Å²) < 4.78 is 8.20. The Bertz CT molecular complexity index is 1600. The lowest BCUT2D eigenvalue weighted by molar-refractivity contribution is -0.133. The number of rotatable bonds is 9. The minimum Gasteiger partial charge on any atom is -0.489 e. The minimum atomic E-state index is -0.961. The van der Waals surface area contributed by atoms with E-state index in [1.807, 2.05) is 41.3 Å². The van der Waals surface area contributed by atoms with E-state index >= 15 is 0 Å². The van der Waals surface area contributed by atoms with Crippen molar-refractivity contribution in [2.75, 3.05) is 27.2 Å². The van der Waals surface area contributed by atoms with E-state index in [9.17, 15) is 14.7 Å². The minimum absolute atomic E-state index is 0.0825. The first-order valence-corrected chi connectivity index (χ1v) is 16.0. The molecular formula is C37H43N3O4. The van der Waals surface area contributed by atoms with Gasteiger partial charge in [-0.05, 0) is 98.8 Å². The van der Waals surface area contributed by atoms with Crippen LogP contribution in [0.1, 0.15) is 72.3 Å². The Morgan fingerprint density at radius 1 is 0.886 bits per heavy atom. The van der Waals surface area contributed by atoms with Crippen LogP contribution >= 0.6 is 0 Å². The molecule has 0 spiro atoms. The smallest absolute Gasteiger partial charge is 0.335 e. The number of fused-ring (bicyclic) bond motifs is 1. The molecule has 0 unspecified atom stereocenters. The predicted octanol–water partition coefficient (Wildman–Crippen LogP) is 7.19. The van der Waals surface area contributed by atoms with Crippen molar-refractivity contribution < 1.29 is 19.4 Å². The number of hydrogen-bond donors (Lipinski definition) is 1. The maximum absolute atomic E-state index is 13.9. The Balaban J connectivity index is 1.40. The molecule has 2 fully saturated rings. The molecule has 7 nitrogen and oxygen atoms in total. The van der Waals surface area contributed by atoms with Crippen molar-refractivity contribution in [3.05, 3.63) is 89.5 Å². The number of benzene rings is 3. The van der Waals surface area contributed by atoms with Gasteiger partial charge in [-0.2, -0.15) is 0 Å². The molecule has 2 heterocycles. The third kappa shape index (κ3) is 6.39. The summed E-state index contributed by atoms with van der Waals surface area (Å²) in [7, 11) is 4.20. The van der Waals surface area contributed by atoms with Crippen molar-refractivity contribution in [2.24, 2.45) is 0 Å². The largest absolute Gasteiger partial charge is 0.489 e. The maximum atomic E-state index is 13.9. The molecule has 2 aliphatic rings. The number of carbonyl (C=O) groups excluding carboxylic acids is 1. The predicted molar refractivity (Wildman–Crippen MR) is 174 cm³/mol. The number of amides is 1. The lowest BCUT2D eigenvalue weighted by Crippen LogP contribution is -2.45. The number of piperidine rings is 1. The van der Waals surface area contributed by atoms with Crippen LogP contribution < -0.4 is 4.74 Å². The summed E-state index contributed by atoms with van der Waals surface area (Å²) in [5.74, 6) is 0.266. The molecule has 230 valence electrons.